The molecule has 4 rings (SSSR count). The zero-order valence-corrected chi connectivity index (χ0v) is 14.7. The number of nitrogens with one attached hydrogen (secondary N) is 3. The van der Waals surface area contributed by atoms with Gasteiger partial charge in [0.25, 0.3) is 5.91 Å². The highest BCUT2D eigenvalue weighted by molar-refractivity contribution is 6.06. The van der Waals surface area contributed by atoms with Crippen molar-refractivity contribution in [3.63, 3.8) is 0 Å². The molecule has 1 amide bonds. The Hall–Kier alpha value is -3.74. The van der Waals surface area contributed by atoms with Gasteiger partial charge >= 0.3 is 0 Å². The number of tetrazole rings is 1. The molecule has 0 aliphatic heterocycles. The first-order valence-electron chi connectivity index (χ1n) is 8.67. The second kappa shape index (κ2) is 7.25. The predicted octanol–water partition coefficient (Wildman–Crippen LogP) is 3.68. The number of benzene rings is 2. The maximum atomic E-state index is 12.9. The minimum absolute atomic E-state index is 0.157. The Balaban J connectivity index is 1.60. The largest absolute Gasteiger partial charge is 0.358 e. The molecule has 2 aromatic carbocycles. The number of rotatable bonds is 5. The zero-order chi connectivity index (χ0) is 18.6. The first-order chi connectivity index (χ1) is 13.2. The monoisotopic (exact) mass is 358 g/mol. The molecule has 0 atom stereocenters. The maximum Gasteiger partial charge on any atom is 0.257 e. The van der Waals surface area contributed by atoms with Gasteiger partial charge in [-0.25, -0.2) is 0 Å². The van der Waals surface area contributed by atoms with Crippen LogP contribution in [0.4, 0.5) is 5.69 Å². The number of H-pyrrole nitrogens is 2. The van der Waals surface area contributed by atoms with Crippen molar-refractivity contribution >= 4 is 11.6 Å². The third kappa shape index (κ3) is 3.48. The van der Waals surface area contributed by atoms with Gasteiger partial charge in [-0.05, 0) is 35.4 Å². The van der Waals surface area contributed by atoms with Crippen LogP contribution in [0.3, 0.4) is 0 Å². The van der Waals surface area contributed by atoms with Crippen LogP contribution in [0.15, 0.2) is 60.7 Å². The molecule has 0 fully saturated rings. The summed E-state index contributed by atoms with van der Waals surface area (Å²) in [5, 5.41) is 16.9. The lowest BCUT2D eigenvalue weighted by Gasteiger charge is -2.06. The molecule has 0 aliphatic rings. The highest BCUT2D eigenvalue weighted by Crippen LogP contribution is 2.24. The van der Waals surface area contributed by atoms with Crippen molar-refractivity contribution in [3.05, 3.63) is 71.9 Å². The van der Waals surface area contributed by atoms with Crippen molar-refractivity contribution in [2.24, 2.45) is 0 Å². The Bertz CT molecular complexity index is 1050. The summed E-state index contributed by atoms with van der Waals surface area (Å²) in [6.07, 6.45) is 0.735. The topological polar surface area (TPSA) is 99.4 Å². The van der Waals surface area contributed by atoms with Crippen LogP contribution < -0.4 is 5.32 Å². The highest BCUT2D eigenvalue weighted by atomic mass is 16.1. The van der Waals surface area contributed by atoms with Gasteiger partial charge in [-0.1, -0.05) is 49.4 Å². The summed E-state index contributed by atoms with van der Waals surface area (Å²) < 4.78 is 0. The number of carbonyl (C=O) groups is 1. The fourth-order valence-electron chi connectivity index (χ4n) is 2.97. The number of nitrogens with zero attached hydrogens (tertiary/aromatic N) is 3. The van der Waals surface area contributed by atoms with E-state index in [0.29, 0.717) is 17.1 Å². The summed E-state index contributed by atoms with van der Waals surface area (Å²) in [4.78, 5) is 16.2. The molecule has 0 radical (unpaired) electrons. The minimum atomic E-state index is -0.157. The molecular weight excluding hydrogens is 340 g/mol. The van der Waals surface area contributed by atoms with Crippen LogP contribution in [-0.2, 0) is 6.42 Å². The number of aromatic amines is 2. The van der Waals surface area contributed by atoms with E-state index in [9.17, 15) is 4.79 Å². The second-order valence-corrected chi connectivity index (χ2v) is 6.07. The van der Waals surface area contributed by atoms with Gasteiger partial charge in [-0.15, -0.1) is 10.2 Å². The average molecular weight is 358 g/mol. The molecule has 0 unspecified atom stereocenters. The number of aromatic nitrogens is 5. The molecule has 134 valence electrons. The first kappa shape index (κ1) is 16.7. The van der Waals surface area contributed by atoms with Gasteiger partial charge in [-0.2, -0.15) is 5.21 Å². The van der Waals surface area contributed by atoms with E-state index in [1.807, 2.05) is 67.6 Å². The summed E-state index contributed by atoms with van der Waals surface area (Å²) in [6.45, 7) is 2.02. The molecule has 0 bridgehead atoms. The van der Waals surface area contributed by atoms with Crippen LogP contribution in [0, 0.1) is 0 Å². The van der Waals surface area contributed by atoms with Crippen LogP contribution in [0.1, 0.15) is 23.0 Å². The first-order valence-corrected chi connectivity index (χ1v) is 8.67. The van der Waals surface area contributed by atoms with Crippen molar-refractivity contribution in [3.8, 4) is 22.6 Å². The van der Waals surface area contributed by atoms with E-state index in [-0.39, 0.29) is 5.91 Å². The van der Waals surface area contributed by atoms with Crippen molar-refractivity contribution in [1.29, 1.82) is 0 Å². The van der Waals surface area contributed by atoms with Gasteiger partial charge in [0.15, 0.2) is 0 Å². The Labute approximate surface area is 155 Å². The van der Waals surface area contributed by atoms with Crippen molar-refractivity contribution in [2.75, 3.05) is 5.32 Å². The Morgan fingerprint density at radius 1 is 1.04 bits per heavy atom. The summed E-state index contributed by atoms with van der Waals surface area (Å²) in [5.74, 6) is 0.323. The zero-order valence-electron chi connectivity index (χ0n) is 14.7. The molecule has 0 saturated heterocycles. The van der Waals surface area contributed by atoms with E-state index in [1.54, 1.807) is 0 Å². The lowest BCUT2D eigenvalue weighted by atomic mass is 10.1. The molecule has 2 heterocycles. The number of amides is 1. The number of aryl methyl sites for hydroxylation is 1. The molecule has 7 heteroatoms. The van der Waals surface area contributed by atoms with Crippen molar-refractivity contribution in [1.82, 2.24) is 25.6 Å². The molecule has 0 aliphatic carbocycles. The molecular formula is C20H18N6O. The smallest absolute Gasteiger partial charge is 0.257 e. The van der Waals surface area contributed by atoms with Crippen LogP contribution in [0.2, 0.25) is 0 Å². The minimum Gasteiger partial charge on any atom is -0.358 e. The lowest BCUT2D eigenvalue weighted by molar-refractivity contribution is 0.102. The van der Waals surface area contributed by atoms with Crippen LogP contribution in [0.25, 0.3) is 22.6 Å². The SMILES string of the molecule is CCc1[nH]c(-c2ccccc2)cc1C(=O)Nc1cccc(-c2nn[nH]n2)c1. The molecule has 0 spiro atoms. The lowest BCUT2D eigenvalue weighted by Crippen LogP contribution is -2.13. The van der Waals surface area contributed by atoms with E-state index in [4.69, 9.17) is 0 Å². The molecule has 4 aromatic rings. The number of anilines is 1. The second-order valence-electron chi connectivity index (χ2n) is 6.07. The van der Waals surface area contributed by atoms with E-state index >= 15 is 0 Å². The van der Waals surface area contributed by atoms with E-state index in [0.717, 1.165) is 28.9 Å². The third-order valence-corrected chi connectivity index (χ3v) is 4.31. The number of hydrogen-bond acceptors (Lipinski definition) is 4. The Kier molecular flexibility index (Phi) is 4.49. The molecule has 27 heavy (non-hydrogen) atoms. The van der Waals surface area contributed by atoms with Gasteiger partial charge in [0.05, 0.1) is 5.56 Å². The fraction of sp³-hybridized carbons (Fsp3) is 0.100. The van der Waals surface area contributed by atoms with Gasteiger partial charge < -0.3 is 10.3 Å². The summed E-state index contributed by atoms with van der Waals surface area (Å²) in [5.41, 5.74) is 4.97. The van der Waals surface area contributed by atoms with Crippen LogP contribution in [-0.4, -0.2) is 31.5 Å². The summed E-state index contributed by atoms with van der Waals surface area (Å²) in [6, 6.07) is 19.2. The third-order valence-electron chi connectivity index (χ3n) is 4.31. The highest BCUT2D eigenvalue weighted by Gasteiger charge is 2.16. The van der Waals surface area contributed by atoms with Gasteiger partial charge in [0.1, 0.15) is 0 Å². The van der Waals surface area contributed by atoms with Crippen molar-refractivity contribution < 1.29 is 4.79 Å². The summed E-state index contributed by atoms with van der Waals surface area (Å²) >= 11 is 0. The standard InChI is InChI=1S/C20H18N6O/c1-2-17-16(12-18(22-17)13-7-4-3-5-8-13)20(27)21-15-10-6-9-14(11-15)19-23-25-26-24-19/h3-12,22H,2H2,1H3,(H,21,27)(H,23,24,25,26). The van der Waals surface area contributed by atoms with Crippen LogP contribution in [0.5, 0.6) is 0 Å². The molecule has 0 saturated carbocycles. The fourth-order valence-corrected chi connectivity index (χ4v) is 2.97. The molecule has 3 N–H and O–H groups in total. The normalized spacial score (nSPS) is 10.7. The van der Waals surface area contributed by atoms with E-state index in [2.05, 4.69) is 30.9 Å². The predicted molar refractivity (Wildman–Crippen MR) is 103 cm³/mol. The Morgan fingerprint density at radius 3 is 2.59 bits per heavy atom. The van der Waals surface area contributed by atoms with Crippen LogP contribution >= 0.6 is 0 Å². The number of hydrogen-bond donors (Lipinski definition) is 3. The van der Waals surface area contributed by atoms with E-state index in [1.165, 1.54) is 0 Å². The maximum absolute atomic E-state index is 12.9. The molecule has 7 nitrogen and oxygen atoms in total. The Morgan fingerprint density at radius 2 is 1.85 bits per heavy atom. The summed E-state index contributed by atoms with van der Waals surface area (Å²) in [7, 11) is 0. The van der Waals surface area contributed by atoms with Gasteiger partial charge in [-0.3, -0.25) is 4.79 Å². The average Bonchev–Trinajstić information content (AvgIpc) is 3.39. The molecule has 2 aromatic heterocycles. The van der Waals surface area contributed by atoms with Crippen molar-refractivity contribution in [2.45, 2.75) is 13.3 Å². The quantitative estimate of drug-likeness (QED) is 0.507. The van der Waals surface area contributed by atoms with Gasteiger partial charge in [0, 0.05) is 22.6 Å². The van der Waals surface area contributed by atoms with Gasteiger partial charge in [0.2, 0.25) is 5.82 Å². The number of carbonyl (C=O) groups excluding carboxylic acids is 1. The van der Waals surface area contributed by atoms with E-state index < -0.39 is 0 Å².